The third kappa shape index (κ3) is 9.52. The molecule has 0 amide bonds. The van der Waals surface area contributed by atoms with Crippen LogP contribution in [0.25, 0.3) is 0 Å². The molecule has 0 aromatic rings. The summed E-state index contributed by atoms with van der Waals surface area (Å²) in [6, 6.07) is 0. The van der Waals surface area contributed by atoms with Crippen LogP contribution >= 0.6 is 0 Å². The summed E-state index contributed by atoms with van der Waals surface area (Å²) in [5, 5.41) is 108. The quantitative estimate of drug-likeness (QED) is 0.0542. The molecule has 7 fully saturated rings. The zero-order valence-electron chi connectivity index (χ0n) is 43.4. The highest BCUT2D eigenvalue weighted by Crippen LogP contribution is 2.76. The molecule has 0 spiro atoms. The Hall–Kier alpha value is -2.45. The van der Waals surface area contributed by atoms with Crippen LogP contribution < -0.4 is 0 Å². The van der Waals surface area contributed by atoms with E-state index in [1.807, 2.05) is 6.92 Å². The van der Waals surface area contributed by atoms with Gasteiger partial charge in [0.1, 0.15) is 79.7 Å². The van der Waals surface area contributed by atoms with Crippen molar-refractivity contribution in [3.05, 3.63) is 11.6 Å². The van der Waals surface area contributed by atoms with Gasteiger partial charge in [0.05, 0.1) is 38.4 Å². The molecule has 21 heteroatoms. The number of carbonyl (C=O) groups excluding carboxylic acids is 3. The maximum Gasteiger partial charge on any atom is 0.317 e. The second kappa shape index (κ2) is 20.7. The van der Waals surface area contributed by atoms with Crippen molar-refractivity contribution in [1.29, 1.82) is 0 Å². The first-order valence-corrected chi connectivity index (χ1v) is 26.2. The maximum absolute atomic E-state index is 15.1. The molecule has 10 N–H and O–H groups in total. The summed E-state index contributed by atoms with van der Waals surface area (Å²) in [6.07, 6.45) is -16.6. The third-order valence-electron chi connectivity index (χ3n) is 20.2. The number of hydrogen-bond donors (Lipinski definition) is 10. The Bertz CT molecular complexity index is 2050. The second-order valence-corrected chi connectivity index (χ2v) is 24.5. The van der Waals surface area contributed by atoms with E-state index in [9.17, 15) is 60.7 Å². The van der Waals surface area contributed by atoms with Gasteiger partial charge >= 0.3 is 17.9 Å². The molecule has 0 radical (unpaired) electrons. The van der Waals surface area contributed by atoms with E-state index in [1.54, 1.807) is 0 Å². The first-order chi connectivity index (χ1) is 34.2. The SMILES string of the molecule is COC(=O)CC(=O)O[C@H]1CC[C@@]2(C)[C@@H](CC[C@]3(C)[C@@H]2CC=C2[C@@H]4CC(C)(C)CC[C@]4(C(=O)O[C@@H]4O[C@H](CO[C@@H]5O[C@H](CO)[C@@H](O[C@@H]6O[C@@H](C)[C@H](O)[C@@H](O)[C@H]6O)[C@H](O)[C@H]5O)[C@@H](O)[C@H](O)[C@H]4O)CC[C@]23C)[C@]1(C)CO. The fourth-order valence-corrected chi connectivity index (χ4v) is 15.4. The molecule has 5 aliphatic carbocycles. The van der Waals surface area contributed by atoms with Crippen molar-refractivity contribution < 1.29 is 103 Å². The average molecular weight is 1040 g/mol. The number of aliphatic hydroxyl groups excluding tert-OH is 10. The van der Waals surface area contributed by atoms with Gasteiger partial charge in [-0.1, -0.05) is 53.2 Å². The minimum Gasteiger partial charge on any atom is -0.469 e. The Kier molecular flexibility index (Phi) is 16.1. The van der Waals surface area contributed by atoms with E-state index < -0.39 is 147 Å². The smallest absolute Gasteiger partial charge is 0.317 e. The predicted molar refractivity (Wildman–Crippen MR) is 251 cm³/mol. The summed E-state index contributed by atoms with van der Waals surface area (Å²) in [6.45, 7) is 13.3. The lowest BCUT2D eigenvalue weighted by molar-refractivity contribution is -0.361. The number of fused-ring (bicyclic) bond motifs is 7. The lowest BCUT2D eigenvalue weighted by Crippen LogP contribution is -2.66. The Labute approximate surface area is 426 Å². The highest BCUT2D eigenvalue weighted by Gasteiger charge is 2.70. The van der Waals surface area contributed by atoms with Gasteiger partial charge in [0.2, 0.25) is 6.29 Å². The Morgan fingerprint density at radius 3 is 1.99 bits per heavy atom. The summed E-state index contributed by atoms with van der Waals surface area (Å²) < 4.78 is 45.4. The van der Waals surface area contributed by atoms with Crippen molar-refractivity contribution in [2.24, 2.45) is 50.2 Å². The van der Waals surface area contributed by atoms with Crippen LogP contribution in [0.1, 0.15) is 119 Å². The molecule has 0 bridgehead atoms. The highest BCUT2D eigenvalue weighted by atomic mass is 16.8. The molecule has 24 atom stereocenters. The van der Waals surface area contributed by atoms with Gasteiger partial charge in [-0.15, -0.1) is 0 Å². The van der Waals surface area contributed by atoms with Crippen LogP contribution in [0.3, 0.4) is 0 Å². The summed E-state index contributed by atoms with van der Waals surface area (Å²) >= 11 is 0. The van der Waals surface area contributed by atoms with Gasteiger partial charge < -0.3 is 89.0 Å². The first kappa shape index (κ1) is 56.7. The van der Waals surface area contributed by atoms with E-state index in [2.05, 4.69) is 40.7 Å². The minimum absolute atomic E-state index is 0.00845. The first-order valence-electron chi connectivity index (χ1n) is 26.2. The van der Waals surface area contributed by atoms with E-state index >= 15 is 4.79 Å². The van der Waals surface area contributed by atoms with Gasteiger partial charge in [-0.05, 0) is 111 Å². The second-order valence-electron chi connectivity index (χ2n) is 24.5. The van der Waals surface area contributed by atoms with Crippen molar-refractivity contribution in [3.8, 4) is 0 Å². The number of ether oxygens (including phenoxy) is 8. The van der Waals surface area contributed by atoms with Crippen molar-refractivity contribution in [2.45, 2.75) is 217 Å². The summed E-state index contributed by atoms with van der Waals surface area (Å²) in [5.74, 6) is -2.00. The molecule has 21 nitrogen and oxygen atoms in total. The summed E-state index contributed by atoms with van der Waals surface area (Å²) in [4.78, 5) is 39.9. The molecule has 416 valence electrons. The Morgan fingerprint density at radius 1 is 0.671 bits per heavy atom. The number of hydrogen-bond acceptors (Lipinski definition) is 21. The van der Waals surface area contributed by atoms with E-state index in [4.69, 9.17) is 37.9 Å². The zero-order chi connectivity index (χ0) is 53.5. The van der Waals surface area contributed by atoms with Crippen molar-refractivity contribution >= 4 is 17.9 Å². The van der Waals surface area contributed by atoms with Crippen LogP contribution in [0.2, 0.25) is 0 Å². The third-order valence-corrected chi connectivity index (χ3v) is 20.2. The van der Waals surface area contributed by atoms with Gasteiger partial charge in [-0.3, -0.25) is 14.4 Å². The van der Waals surface area contributed by atoms with Gasteiger partial charge in [-0.25, -0.2) is 0 Å². The lowest BCUT2D eigenvalue weighted by Gasteiger charge is -2.71. The molecule has 0 aromatic carbocycles. The zero-order valence-corrected chi connectivity index (χ0v) is 43.4. The molecule has 4 saturated carbocycles. The molecule has 0 aromatic heterocycles. The molecule has 8 aliphatic rings. The Morgan fingerprint density at radius 2 is 1.32 bits per heavy atom. The molecule has 0 unspecified atom stereocenters. The fraction of sp³-hybridized carbons (Fsp3) is 0.904. The molecule has 3 saturated heterocycles. The minimum atomic E-state index is -1.87. The Balaban J connectivity index is 0.974. The molecule has 8 rings (SSSR count). The molecule has 3 heterocycles. The van der Waals surface area contributed by atoms with Crippen molar-refractivity contribution in [2.75, 3.05) is 26.9 Å². The van der Waals surface area contributed by atoms with Gasteiger partial charge in [0.25, 0.3) is 0 Å². The van der Waals surface area contributed by atoms with Gasteiger partial charge in [0, 0.05) is 5.41 Å². The molecule has 73 heavy (non-hydrogen) atoms. The monoisotopic (exact) mass is 1040 g/mol. The normalized spacial score (nSPS) is 50.4. The number of methoxy groups -OCH3 is 1. The van der Waals surface area contributed by atoms with Crippen LogP contribution in [0, 0.1) is 50.2 Å². The van der Waals surface area contributed by atoms with E-state index in [0.29, 0.717) is 38.5 Å². The maximum atomic E-state index is 15.1. The number of carbonyl (C=O) groups is 3. The standard InChI is InChI=1S/C52H82O21/c1-24-34(57)36(59)39(62)44(68-24)72-42-27(21-53)69-43(41(64)38(42)61)67-22-28-35(58)37(60)40(63)45(70-28)73-46(65)52-17-15-47(2,3)20-26(52)25-9-10-30-48(4)13-12-31(71-33(56)19-32(55)66-8)49(5,23-54)29(48)11-14-51(30,7)50(25,6)16-18-52/h9,24,26-31,34-45,53-54,57-64H,10-23H2,1-8H3/t24-,26-,27+,28+,29+,30+,31-,34-,35+,36+,37-,38+,39+,40+,41+,42+,43+,44-,45-,48-,49-,50+,51+,52-/m0/s1. The fourth-order valence-electron chi connectivity index (χ4n) is 15.4. The number of esters is 3. The van der Waals surface area contributed by atoms with Crippen LogP contribution in [-0.4, -0.2) is 194 Å². The largest absolute Gasteiger partial charge is 0.469 e. The predicted octanol–water partition coefficient (Wildman–Crippen LogP) is 0.255. The lowest BCUT2D eigenvalue weighted by atomic mass is 9.33. The molecular formula is C52H82O21. The summed E-state index contributed by atoms with van der Waals surface area (Å²) in [5.41, 5.74) is -1.52. The molecular weight excluding hydrogens is 961 g/mol. The van der Waals surface area contributed by atoms with E-state index in [-0.39, 0.29) is 46.0 Å². The van der Waals surface area contributed by atoms with Gasteiger partial charge in [0.15, 0.2) is 12.6 Å². The number of aliphatic hydroxyl groups is 10. The van der Waals surface area contributed by atoms with Crippen LogP contribution in [0.15, 0.2) is 11.6 Å². The van der Waals surface area contributed by atoms with Crippen molar-refractivity contribution in [3.63, 3.8) is 0 Å². The van der Waals surface area contributed by atoms with E-state index in [1.165, 1.54) is 19.6 Å². The van der Waals surface area contributed by atoms with E-state index in [0.717, 1.165) is 25.7 Å². The van der Waals surface area contributed by atoms with Crippen LogP contribution in [0.5, 0.6) is 0 Å². The van der Waals surface area contributed by atoms with Crippen LogP contribution in [0.4, 0.5) is 0 Å². The molecule has 3 aliphatic heterocycles. The highest BCUT2D eigenvalue weighted by molar-refractivity contribution is 5.91. The number of allylic oxidation sites excluding steroid dienone is 2. The van der Waals surface area contributed by atoms with Gasteiger partial charge in [-0.2, -0.15) is 0 Å². The topological polar surface area (TPSA) is 327 Å². The average Bonchev–Trinajstić information content (AvgIpc) is 3.34. The van der Waals surface area contributed by atoms with Crippen LogP contribution in [-0.2, 0) is 52.3 Å². The number of rotatable bonds is 12. The summed E-state index contributed by atoms with van der Waals surface area (Å²) in [7, 11) is 1.22. The van der Waals surface area contributed by atoms with Crippen molar-refractivity contribution in [1.82, 2.24) is 0 Å².